The van der Waals surface area contributed by atoms with Crippen LogP contribution in [0.5, 0.6) is 5.75 Å². The fourth-order valence-electron chi connectivity index (χ4n) is 2.94. The van der Waals surface area contributed by atoms with Crippen LogP contribution in [0.1, 0.15) is 58.3 Å². The number of hydrogen-bond donors (Lipinski definition) is 0. The molecule has 0 radical (unpaired) electrons. The minimum absolute atomic E-state index is 0. The van der Waals surface area contributed by atoms with Crippen LogP contribution in [0.3, 0.4) is 0 Å². The van der Waals surface area contributed by atoms with Crippen molar-refractivity contribution in [3.05, 3.63) is 30.1 Å². The summed E-state index contributed by atoms with van der Waals surface area (Å²) in [6.45, 7) is 4.49. The van der Waals surface area contributed by atoms with Crippen LogP contribution in [0.25, 0.3) is 0 Å². The first kappa shape index (κ1) is 19.2. The van der Waals surface area contributed by atoms with E-state index in [1.54, 1.807) is 12.1 Å². The number of nitrogens with zero attached hydrogens (tertiary/aromatic N) is 1. The van der Waals surface area contributed by atoms with Gasteiger partial charge in [0.15, 0.2) is 6.23 Å². The van der Waals surface area contributed by atoms with Crippen LogP contribution < -0.4 is 4.74 Å². The molecule has 2 rings (SSSR count). The van der Waals surface area contributed by atoms with Gasteiger partial charge in [0.1, 0.15) is 11.6 Å². The van der Waals surface area contributed by atoms with Crippen molar-refractivity contribution in [2.45, 2.75) is 64.5 Å². The number of ether oxygens (including phenoxy) is 1. The van der Waals surface area contributed by atoms with Crippen molar-refractivity contribution in [2.24, 2.45) is 0 Å². The van der Waals surface area contributed by atoms with E-state index in [-0.39, 0.29) is 24.5 Å². The highest BCUT2D eigenvalue weighted by atomic mass is 35.5. The summed E-state index contributed by atoms with van der Waals surface area (Å²) in [6.07, 6.45) is 10.3. The minimum Gasteiger partial charge on any atom is -0.475 e. The smallest absolute Gasteiger partial charge is 0.152 e. The van der Waals surface area contributed by atoms with Crippen LogP contribution in [0, 0.1) is 5.82 Å². The Bertz CT molecular complexity index is 399. The number of halogens is 2. The van der Waals surface area contributed by atoms with Gasteiger partial charge >= 0.3 is 0 Å². The second-order valence-electron chi connectivity index (χ2n) is 5.97. The lowest BCUT2D eigenvalue weighted by atomic mass is 10.1. The summed E-state index contributed by atoms with van der Waals surface area (Å²) in [4.78, 5) is 2.46. The molecule has 1 aliphatic heterocycles. The number of likely N-dealkylation sites (tertiary alicyclic amines) is 1. The van der Waals surface area contributed by atoms with Crippen molar-refractivity contribution in [1.29, 1.82) is 0 Å². The Morgan fingerprint density at radius 1 is 1.09 bits per heavy atom. The molecule has 0 N–H and O–H groups in total. The highest BCUT2D eigenvalue weighted by Crippen LogP contribution is 2.22. The zero-order chi connectivity index (χ0) is 14.9. The summed E-state index contributed by atoms with van der Waals surface area (Å²) in [6, 6.07) is 6.38. The Balaban J connectivity index is 0.00000242. The number of hydrogen-bond acceptors (Lipinski definition) is 2. The van der Waals surface area contributed by atoms with Gasteiger partial charge in [-0.1, -0.05) is 32.6 Å². The van der Waals surface area contributed by atoms with Crippen LogP contribution in [0.2, 0.25) is 0 Å². The van der Waals surface area contributed by atoms with Crippen molar-refractivity contribution < 1.29 is 9.13 Å². The van der Waals surface area contributed by atoms with Crippen LogP contribution in [-0.2, 0) is 0 Å². The van der Waals surface area contributed by atoms with Crippen LogP contribution in [0.15, 0.2) is 24.3 Å². The van der Waals surface area contributed by atoms with Gasteiger partial charge in [0.25, 0.3) is 0 Å². The molecule has 126 valence electrons. The van der Waals surface area contributed by atoms with Gasteiger partial charge in [-0.25, -0.2) is 4.39 Å². The largest absolute Gasteiger partial charge is 0.475 e. The zero-order valence-electron chi connectivity index (χ0n) is 13.6. The van der Waals surface area contributed by atoms with E-state index < -0.39 is 0 Å². The molecule has 1 aromatic carbocycles. The third kappa shape index (κ3) is 6.53. The third-order valence-electron chi connectivity index (χ3n) is 4.19. The van der Waals surface area contributed by atoms with E-state index in [1.165, 1.54) is 57.1 Å². The molecule has 1 unspecified atom stereocenters. The lowest BCUT2D eigenvalue weighted by Gasteiger charge is -2.35. The first-order chi connectivity index (χ1) is 10.3. The maximum atomic E-state index is 12.9. The average molecular weight is 330 g/mol. The molecule has 1 aliphatic rings. The predicted molar refractivity (Wildman–Crippen MR) is 92.2 cm³/mol. The molecule has 2 nitrogen and oxygen atoms in total. The average Bonchev–Trinajstić information content (AvgIpc) is 2.51. The van der Waals surface area contributed by atoms with Crippen LogP contribution >= 0.6 is 12.4 Å². The van der Waals surface area contributed by atoms with Gasteiger partial charge in [-0.3, -0.25) is 4.90 Å². The molecule has 0 bridgehead atoms. The van der Waals surface area contributed by atoms with Gasteiger partial charge in [-0.2, -0.15) is 0 Å². The lowest BCUT2D eigenvalue weighted by Crippen LogP contribution is -2.43. The standard InChI is InChI=1S/C18H28FNO.ClH/c1-2-3-4-5-7-14-20-15-8-6-9-18(20)21-17-12-10-16(19)11-13-17;/h10-13,18H,2-9,14-15H2,1H3;1H. The predicted octanol–water partition coefficient (Wildman–Crippen LogP) is 5.41. The number of piperidine rings is 1. The SMILES string of the molecule is CCCCCCCN1CCCCC1Oc1ccc(F)cc1.Cl. The minimum atomic E-state index is -0.209. The number of unbranched alkanes of at least 4 members (excludes halogenated alkanes) is 4. The van der Waals surface area contributed by atoms with Gasteiger partial charge < -0.3 is 4.74 Å². The van der Waals surface area contributed by atoms with E-state index in [2.05, 4.69) is 11.8 Å². The molecule has 0 aromatic heterocycles. The first-order valence-electron chi connectivity index (χ1n) is 8.46. The molecule has 4 heteroatoms. The third-order valence-corrected chi connectivity index (χ3v) is 4.19. The van der Waals surface area contributed by atoms with Crippen molar-refractivity contribution in [2.75, 3.05) is 13.1 Å². The number of rotatable bonds is 8. The fraction of sp³-hybridized carbons (Fsp3) is 0.667. The quantitative estimate of drug-likeness (QED) is 0.591. The van der Waals surface area contributed by atoms with E-state index in [9.17, 15) is 4.39 Å². The zero-order valence-corrected chi connectivity index (χ0v) is 14.4. The summed E-state index contributed by atoms with van der Waals surface area (Å²) >= 11 is 0. The molecule has 1 heterocycles. The molecule has 22 heavy (non-hydrogen) atoms. The van der Waals surface area contributed by atoms with Gasteiger partial charge in [0.2, 0.25) is 0 Å². The summed E-state index contributed by atoms with van der Waals surface area (Å²) in [5.74, 6) is 0.568. The summed E-state index contributed by atoms with van der Waals surface area (Å²) < 4.78 is 19.0. The Hall–Kier alpha value is -0.800. The Kier molecular flexibility index (Phi) is 9.49. The van der Waals surface area contributed by atoms with Crippen molar-refractivity contribution in [3.63, 3.8) is 0 Å². The van der Waals surface area contributed by atoms with Crippen LogP contribution in [0.4, 0.5) is 4.39 Å². The maximum Gasteiger partial charge on any atom is 0.152 e. The Morgan fingerprint density at radius 2 is 1.82 bits per heavy atom. The fourth-order valence-corrected chi connectivity index (χ4v) is 2.94. The molecule has 0 aliphatic carbocycles. The first-order valence-corrected chi connectivity index (χ1v) is 8.46. The number of benzene rings is 1. The van der Waals surface area contributed by atoms with Gasteiger partial charge in [0, 0.05) is 13.1 Å². The topological polar surface area (TPSA) is 12.5 Å². The second-order valence-corrected chi connectivity index (χ2v) is 5.97. The van der Waals surface area contributed by atoms with Crippen molar-refractivity contribution in [3.8, 4) is 5.75 Å². The van der Waals surface area contributed by atoms with E-state index in [0.717, 1.165) is 25.3 Å². The van der Waals surface area contributed by atoms with Gasteiger partial charge in [0.05, 0.1) is 0 Å². The summed E-state index contributed by atoms with van der Waals surface area (Å²) in [7, 11) is 0. The molecular weight excluding hydrogens is 301 g/mol. The monoisotopic (exact) mass is 329 g/mol. The molecular formula is C18H29ClFNO. The summed E-state index contributed by atoms with van der Waals surface area (Å²) in [5, 5.41) is 0. The highest BCUT2D eigenvalue weighted by Gasteiger charge is 2.23. The van der Waals surface area contributed by atoms with Crippen molar-refractivity contribution >= 4 is 12.4 Å². The highest BCUT2D eigenvalue weighted by molar-refractivity contribution is 5.85. The molecule has 1 atom stereocenters. The van der Waals surface area contributed by atoms with E-state index in [4.69, 9.17) is 4.74 Å². The molecule has 1 fully saturated rings. The normalized spacial score (nSPS) is 18.7. The van der Waals surface area contributed by atoms with Gasteiger partial charge in [-0.15, -0.1) is 12.4 Å². The lowest BCUT2D eigenvalue weighted by molar-refractivity contribution is -0.00478. The summed E-state index contributed by atoms with van der Waals surface area (Å²) in [5.41, 5.74) is 0. The van der Waals surface area contributed by atoms with Gasteiger partial charge in [-0.05, 0) is 49.9 Å². The second kappa shape index (κ2) is 10.8. The van der Waals surface area contributed by atoms with E-state index in [1.807, 2.05) is 0 Å². The Labute approximate surface area is 140 Å². The van der Waals surface area contributed by atoms with E-state index >= 15 is 0 Å². The Morgan fingerprint density at radius 3 is 2.55 bits per heavy atom. The van der Waals surface area contributed by atoms with E-state index in [0.29, 0.717) is 0 Å². The molecule has 0 saturated carbocycles. The van der Waals surface area contributed by atoms with Crippen molar-refractivity contribution in [1.82, 2.24) is 4.90 Å². The molecule has 0 amide bonds. The maximum absolute atomic E-state index is 12.9. The van der Waals surface area contributed by atoms with Crippen LogP contribution in [-0.4, -0.2) is 24.2 Å². The molecule has 1 saturated heterocycles. The molecule has 1 aromatic rings. The molecule has 0 spiro atoms.